The first-order chi connectivity index (χ1) is 9.74. The van der Waals surface area contributed by atoms with Crippen molar-refractivity contribution in [1.82, 2.24) is 9.97 Å². The van der Waals surface area contributed by atoms with Gasteiger partial charge in [-0.2, -0.15) is 5.26 Å². The highest BCUT2D eigenvalue weighted by Crippen LogP contribution is 2.23. The molecule has 0 fully saturated rings. The second kappa shape index (κ2) is 6.67. The Labute approximate surface area is 119 Å². The summed E-state index contributed by atoms with van der Waals surface area (Å²) in [5.41, 5.74) is 3.43. The van der Waals surface area contributed by atoms with Crippen molar-refractivity contribution in [1.29, 1.82) is 5.26 Å². The highest BCUT2D eigenvalue weighted by molar-refractivity contribution is 5.62. The maximum absolute atomic E-state index is 8.48. The first kappa shape index (κ1) is 14.0. The third-order valence-electron chi connectivity index (χ3n) is 3.40. The van der Waals surface area contributed by atoms with E-state index in [0.717, 1.165) is 17.5 Å². The average molecular weight is 266 g/mol. The van der Waals surface area contributed by atoms with Gasteiger partial charge in [-0.3, -0.25) is 0 Å². The Morgan fingerprint density at radius 2 is 1.80 bits per heavy atom. The molecule has 1 heterocycles. The van der Waals surface area contributed by atoms with Crippen LogP contribution in [-0.2, 0) is 0 Å². The molecular weight excluding hydrogens is 248 g/mol. The summed E-state index contributed by atoms with van der Waals surface area (Å²) in [6.45, 7) is 4.64. The fraction of sp³-hybridized carbons (Fsp3) is 0.312. The van der Waals surface area contributed by atoms with E-state index < -0.39 is 0 Å². The van der Waals surface area contributed by atoms with Crippen molar-refractivity contribution >= 4 is 5.95 Å². The quantitative estimate of drug-likeness (QED) is 0.840. The van der Waals surface area contributed by atoms with Gasteiger partial charge >= 0.3 is 0 Å². The van der Waals surface area contributed by atoms with Crippen molar-refractivity contribution in [2.45, 2.75) is 26.2 Å². The van der Waals surface area contributed by atoms with Crippen LogP contribution in [0.2, 0.25) is 0 Å². The molecule has 20 heavy (non-hydrogen) atoms. The Balaban J connectivity index is 2.13. The van der Waals surface area contributed by atoms with Gasteiger partial charge in [0.2, 0.25) is 5.95 Å². The molecule has 102 valence electrons. The number of hydrogen-bond acceptors (Lipinski definition) is 4. The van der Waals surface area contributed by atoms with Gasteiger partial charge in [0.05, 0.1) is 6.07 Å². The van der Waals surface area contributed by atoms with Crippen LogP contribution in [0, 0.1) is 11.3 Å². The molecule has 0 aliphatic carbocycles. The summed E-state index contributed by atoms with van der Waals surface area (Å²) in [5, 5.41) is 11.3. The topological polar surface area (TPSA) is 61.6 Å². The zero-order valence-corrected chi connectivity index (χ0v) is 11.8. The Bertz CT molecular complexity index is 581. The number of nitrogens with zero attached hydrogens (tertiary/aromatic N) is 3. The van der Waals surface area contributed by atoms with Gasteiger partial charge in [0.25, 0.3) is 0 Å². The minimum absolute atomic E-state index is 0.211. The molecule has 1 unspecified atom stereocenters. The summed E-state index contributed by atoms with van der Waals surface area (Å²) in [6.07, 6.45) is 4.68. The monoisotopic (exact) mass is 266 g/mol. The summed E-state index contributed by atoms with van der Waals surface area (Å²) < 4.78 is 0. The van der Waals surface area contributed by atoms with Crippen LogP contribution in [0.1, 0.15) is 31.7 Å². The van der Waals surface area contributed by atoms with Crippen LogP contribution in [0.5, 0.6) is 0 Å². The van der Waals surface area contributed by atoms with Crippen LogP contribution < -0.4 is 5.32 Å². The van der Waals surface area contributed by atoms with Crippen LogP contribution in [0.25, 0.3) is 11.1 Å². The van der Waals surface area contributed by atoms with Crippen LogP contribution in [0.15, 0.2) is 36.7 Å². The molecule has 0 aliphatic heterocycles. The van der Waals surface area contributed by atoms with Crippen LogP contribution >= 0.6 is 0 Å². The van der Waals surface area contributed by atoms with E-state index in [-0.39, 0.29) is 6.54 Å². The number of aromatic nitrogens is 2. The van der Waals surface area contributed by atoms with Crippen LogP contribution in [0.4, 0.5) is 5.95 Å². The van der Waals surface area contributed by atoms with E-state index in [9.17, 15) is 0 Å². The molecular formula is C16H18N4. The second-order valence-electron chi connectivity index (χ2n) is 4.74. The van der Waals surface area contributed by atoms with Crippen molar-refractivity contribution in [2.24, 2.45) is 0 Å². The molecule has 0 bridgehead atoms. The molecule has 0 aliphatic rings. The molecule has 0 saturated carbocycles. The maximum atomic E-state index is 8.48. The van der Waals surface area contributed by atoms with E-state index >= 15 is 0 Å². The largest absolute Gasteiger partial charge is 0.341 e. The number of rotatable bonds is 5. The summed E-state index contributed by atoms with van der Waals surface area (Å²) in [6, 6.07) is 10.5. The average Bonchev–Trinajstić information content (AvgIpc) is 2.53. The van der Waals surface area contributed by atoms with E-state index in [1.807, 2.05) is 6.07 Å². The standard InChI is InChI=1S/C16H18N4/c1-3-12(2)13-4-6-14(7-5-13)15-10-19-16(20-11-15)18-9-8-17/h4-7,10-12H,3,9H2,1-2H3,(H,18,19,20). The van der Waals surface area contributed by atoms with E-state index in [1.54, 1.807) is 12.4 Å². The summed E-state index contributed by atoms with van der Waals surface area (Å²) in [7, 11) is 0. The van der Waals surface area contributed by atoms with E-state index in [0.29, 0.717) is 11.9 Å². The van der Waals surface area contributed by atoms with E-state index in [1.165, 1.54) is 5.56 Å². The summed E-state index contributed by atoms with van der Waals surface area (Å²) in [4.78, 5) is 8.39. The Kier molecular flexibility index (Phi) is 4.67. The van der Waals surface area contributed by atoms with Gasteiger partial charge < -0.3 is 5.32 Å². The van der Waals surface area contributed by atoms with Crippen molar-refractivity contribution in [3.05, 3.63) is 42.2 Å². The lowest BCUT2D eigenvalue weighted by Gasteiger charge is -2.09. The van der Waals surface area contributed by atoms with Gasteiger partial charge in [-0.05, 0) is 23.5 Å². The van der Waals surface area contributed by atoms with Crippen molar-refractivity contribution in [3.63, 3.8) is 0 Å². The molecule has 4 heteroatoms. The molecule has 0 amide bonds. The van der Waals surface area contributed by atoms with E-state index in [4.69, 9.17) is 5.26 Å². The molecule has 1 N–H and O–H groups in total. The molecule has 2 aromatic rings. The van der Waals surface area contributed by atoms with Gasteiger partial charge in [-0.1, -0.05) is 38.1 Å². The lowest BCUT2D eigenvalue weighted by molar-refractivity contribution is 0.734. The molecule has 1 atom stereocenters. The lowest BCUT2D eigenvalue weighted by atomic mass is 9.96. The summed E-state index contributed by atoms with van der Waals surface area (Å²) >= 11 is 0. The zero-order valence-electron chi connectivity index (χ0n) is 11.8. The molecule has 1 aromatic carbocycles. The highest BCUT2D eigenvalue weighted by Gasteiger charge is 2.04. The fourth-order valence-electron chi connectivity index (χ4n) is 1.93. The number of hydrogen-bond donors (Lipinski definition) is 1. The predicted molar refractivity (Wildman–Crippen MR) is 80.3 cm³/mol. The number of benzene rings is 1. The predicted octanol–water partition coefficient (Wildman–Crippen LogP) is 3.59. The highest BCUT2D eigenvalue weighted by atomic mass is 15.1. The Morgan fingerprint density at radius 3 is 2.35 bits per heavy atom. The first-order valence-corrected chi connectivity index (χ1v) is 6.77. The minimum atomic E-state index is 0.211. The summed E-state index contributed by atoms with van der Waals surface area (Å²) in [5.74, 6) is 1.06. The van der Waals surface area contributed by atoms with Crippen molar-refractivity contribution in [3.8, 4) is 17.2 Å². The molecule has 2 rings (SSSR count). The van der Waals surface area contributed by atoms with Crippen molar-refractivity contribution < 1.29 is 0 Å². The van der Waals surface area contributed by atoms with Gasteiger partial charge in [0.1, 0.15) is 6.54 Å². The van der Waals surface area contributed by atoms with Gasteiger partial charge in [0.15, 0.2) is 0 Å². The van der Waals surface area contributed by atoms with Crippen LogP contribution in [-0.4, -0.2) is 16.5 Å². The van der Waals surface area contributed by atoms with Crippen LogP contribution in [0.3, 0.4) is 0 Å². The number of anilines is 1. The fourth-order valence-corrected chi connectivity index (χ4v) is 1.93. The Morgan fingerprint density at radius 1 is 1.15 bits per heavy atom. The van der Waals surface area contributed by atoms with Gasteiger partial charge in [-0.15, -0.1) is 0 Å². The lowest BCUT2D eigenvalue weighted by Crippen LogP contribution is -2.02. The maximum Gasteiger partial charge on any atom is 0.223 e. The normalized spacial score (nSPS) is 11.7. The minimum Gasteiger partial charge on any atom is -0.341 e. The van der Waals surface area contributed by atoms with E-state index in [2.05, 4.69) is 53.4 Å². The first-order valence-electron chi connectivity index (χ1n) is 6.77. The van der Waals surface area contributed by atoms with Crippen molar-refractivity contribution in [2.75, 3.05) is 11.9 Å². The molecule has 0 spiro atoms. The molecule has 0 radical (unpaired) electrons. The third-order valence-corrected chi connectivity index (χ3v) is 3.40. The molecule has 1 aromatic heterocycles. The molecule has 4 nitrogen and oxygen atoms in total. The smallest absolute Gasteiger partial charge is 0.223 e. The zero-order chi connectivity index (χ0) is 14.4. The number of nitriles is 1. The second-order valence-corrected chi connectivity index (χ2v) is 4.74. The SMILES string of the molecule is CCC(C)c1ccc(-c2cnc(NCC#N)nc2)cc1. The van der Waals surface area contributed by atoms with Gasteiger partial charge in [-0.25, -0.2) is 9.97 Å². The Hall–Kier alpha value is -2.41. The third kappa shape index (κ3) is 3.33. The van der Waals surface area contributed by atoms with Gasteiger partial charge in [0, 0.05) is 18.0 Å². The molecule has 0 saturated heterocycles. The number of nitrogens with one attached hydrogen (secondary N) is 1.